The van der Waals surface area contributed by atoms with Crippen molar-refractivity contribution in [2.75, 3.05) is 19.0 Å². The smallest absolute Gasteiger partial charge is 0.419 e. The van der Waals surface area contributed by atoms with Crippen LogP contribution in [0.3, 0.4) is 0 Å². The summed E-state index contributed by atoms with van der Waals surface area (Å²) in [6.45, 7) is 7.52. The number of alkyl halides is 3. The molecule has 3 heterocycles. The van der Waals surface area contributed by atoms with Gasteiger partial charge in [0, 0.05) is 40.4 Å². The Morgan fingerprint density at radius 2 is 1.82 bits per heavy atom. The van der Waals surface area contributed by atoms with Crippen LogP contribution in [0.1, 0.15) is 101 Å². The molecule has 2 aromatic carbocycles. The largest absolute Gasteiger partial charge is 0.496 e. The van der Waals surface area contributed by atoms with Crippen LogP contribution in [-0.2, 0) is 30.6 Å². The van der Waals surface area contributed by atoms with Crippen molar-refractivity contribution < 1.29 is 49.8 Å². The number of allylic oxidation sites excluding steroid dienone is 2. The molecule has 3 aliphatic rings. The lowest BCUT2D eigenvalue weighted by Gasteiger charge is -2.28. The second kappa shape index (κ2) is 18.9. The number of nitrogens with one attached hydrogen (secondary N) is 2. The number of ether oxygens (including phenoxy) is 2. The first-order valence-electron chi connectivity index (χ1n) is 21.8. The molecule has 3 amide bonds. The van der Waals surface area contributed by atoms with Gasteiger partial charge >= 0.3 is 6.18 Å². The van der Waals surface area contributed by atoms with Crippen LogP contribution < -0.4 is 25.2 Å². The van der Waals surface area contributed by atoms with Crippen LogP contribution in [0.5, 0.6) is 11.5 Å². The van der Waals surface area contributed by atoms with Crippen molar-refractivity contribution in [3.05, 3.63) is 76.6 Å². The third-order valence-corrected chi connectivity index (χ3v) is 15.6. The highest BCUT2D eigenvalue weighted by molar-refractivity contribution is 7.91. The Morgan fingerprint density at radius 3 is 2.48 bits per heavy atom. The number of hydrogen-bond donors (Lipinski definition) is 3. The lowest BCUT2D eigenvalue weighted by molar-refractivity contribution is -0.140. The maximum absolute atomic E-state index is 14.5. The minimum Gasteiger partial charge on any atom is -0.496 e. The average molecular weight is 943 g/mol. The fraction of sp³-hybridized carbons (Fsp3) is 0.500. The monoisotopic (exact) mass is 942 g/mol. The van der Waals surface area contributed by atoms with Crippen molar-refractivity contribution in [1.82, 2.24) is 19.6 Å². The first-order chi connectivity index (χ1) is 30.7. The van der Waals surface area contributed by atoms with Gasteiger partial charge in [-0.2, -0.15) is 13.2 Å². The van der Waals surface area contributed by atoms with E-state index in [0.29, 0.717) is 90.2 Å². The van der Waals surface area contributed by atoms with Crippen molar-refractivity contribution in [3.8, 4) is 22.2 Å². The molecule has 4 aromatic rings. The van der Waals surface area contributed by atoms with E-state index in [0.717, 1.165) is 17.3 Å². The molecule has 4 N–H and O–H groups in total. The molecule has 19 heteroatoms. The van der Waals surface area contributed by atoms with Gasteiger partial charge in [0.05, 0.1) is 35.2 Å². The highest BCUT2D eigenvalue weighted by Gasteiger charge is 2.52. The zero-order valence-electron chi connectivity index (χ0n) is 36.8. The molecular weight excluding hydrogens is 889 g/mol. The molecule has 7 rings (SSSR count). The molecule has 0 bridgehead atoms. The Bertz CT molecular complexity index is 2600. The van der Waals surface area contributed by atoms with Gasteiger partial charge in [-0.25, -0.2) is 22.8 Å². The predicted octanol–water partition coefficient (Wildman–Crippen LogP) is 8.41. The summed E-state index contributed by atoms with van der Waals surface area (Å²) in [7, 11) is -2.14. The summed E-state index contributed by atoms with van der Waals surface area (Å²) < 4.78 is 94.0. The number of methoxy groups -OCH3 is 1. The molecule has 2 aromatic heterocycles. The van der Waals surface area contributed by atoms with Gasteiger partial charge < -0.3 is 25.4 Å². The molecule has 0 spiro atoms. The predicted molar refractivity (Wildman–Crippen MR) is 239 cm³/mol. The number of primary amides is 1. The minimum absolute atomic E-state index is 0.0383. The molecule has 3 fully saturated rings. The number of carbonyl (C=O) groups is 3. The second-order valence-electron chi connectivity index (χ2n) is 17.8. The van der Waals surface area contributed by atoms with Crippen molar-refractivity contribution >= 4 is 55.7 Å². The third-order valence-electron chi connectivity index (χ3n) is 12.5. The standard InChI is InChI=1S/C46H54F4N6O7S2/c1-25(2)36-24-64-43(54-36)35-22-39(30-14-16-38(62-5)26(3)40(30)53-35)63-29-21-37(41(51)57)56(23-29)44(59)34(52-28-13-15-33(47)32(20-28)46(48,49)50)12-10-8-6-7-9-11-27-19-31(27)42(58)55-65(60,61)45(4)17-18-45/h9,11,13-16,20,22,24-25,27,29,31,34,37,52H,6-8,10,12,17-19,21,23H2,1-5H3,(H2,51,57)(H,55,58)/b11-9-/t27-,29?,31+,34+,37+/m1/s1. The van der Waals surface area contributed by atoms with E-state index >= 15 is 0 Å². The molecule has 350 valence electrons. The summed E-state index contributed by atoms with van der Waals surface area (Å²) in [6.07, 6.45) is 2.30. The van der Waals surface area contributed by atoms with E-state index in [4.69, 9.17) is 25.2 Å². The topological polar surface area (TPSA) is 183 Å². The Kier molecular flexibility index (Phi) is 13.9. The van der Waals surface area contributed by atoms with Gasteiger partial charge in [-0.15, -0.1) is 11.3 Å². The number of halogens is 4. The number of aromatic nitrogens is 2. The summed E-state index contributed by atoms with van der Waals surface area (Å²) >= 11 is 1.44. The van der Waals surface area contributed by atoms with Crippen LogP contribution in [0, 0.1) is 24.6 Å². The second-order valence-corrected chi connectivity index (χ2v) is 20.8. The fourth-order valence-corrected chi connectivity index (χ4v) is 10.3. The number of fused-ring (bicyclic) bond motifs is 1. The van der Waals surface area contributed by atoms with Crippen LogP contribution in [0.25, 0.3) is 21.6 Å². The van der Waals surface area contributed by atoms with Crippen LogP contribution in [0.15, 0.2) is 53.9 Å². The number of rotatable bonds is 19. The Balaban J connectivity index is 1.05. The number of aryl methyl sites for hydroxylation is 1. The Labute approximate surface area is 379 Å². The highest BCUT2D eigenvalue weighted by atomic mass is 32.2. The molecular formula is C46H54F4N6O7S2. The van der Waals surface area contributed by atoms with Gasteiger partial charge in [-0.3, -0.25) is 19.1 Å². The van der Waals surface area contributed by atoms with Crippen LogP contribution in [0.2, 0.25) is 0 Å². The van der Waals surface area contributed by atoms with Gasteiger partial charge in [0.1, 0.15) is 46.2 Å². The van der Waals surface area contributed by atoms with Crippen LogP contribution in [-0.4, -0.2) is 77.6 Å². The molecule has 2 saturated carbocycles. The maximum atomic E-state index is 14.5. The first-order valence-corrected chi connectivity index (χ1v) is 24.1. The molecule has 0 radical (unpaired) electrons. The average Bonchev–Trinajstić information content (AvgIpc) is 4.08. The van der Waals surface area contributed by atoms with Crippen molar-refractivity contribution in [1.29, 1.82) is 0 Å². The van der Waals surface area contributed by atoms with E-state index < -0.39 is 74.2 Å². The summed E-state index contributed by atoms with van der Waals surface area (Å²) in [6, 6.07) is 5.59. The third kappa shape index (κ3) is 10.7. The van der Waals surface area contributed by atoms with E-state index in [9.17, 15) is 40.4 Å². The zero-order chi connectivity index (χ0) is 47.0. The molecule has 65 heavy (non-hydrogen) atoms. The number of thiazole rings is 1. The van der Waals surface area contributed by atoms with E-state index in [-0.39, 0.29) is 36.9 Å². The minimum atomic E-state index is -4.99. The normalized spacial score (nSPS) is 20.9. The summed E-state index contributed by atoms with van der Waals surface area (Å²) in [5.41, 5.74) is 7.12. The molecule has 5 atom stereocenters. The van der Waals surface area contributed by atoms with E-state index in [1.807, 2.05) is 44.4 Å². The number of unbranched alkanes of at least 4 members (excludes halogenated alkanes) is 3. The van der Waals surface area contributed by atoms with E-state index in [1.165, 1.54) is 16.2 Å². The number of pyridine rings is 1. The van der Waals surface area contributed by atoms with Gasteiger partial charge in [0.2, 0.25) is 27.7 Å². The summed E-state index contributed by atoms with van der Waals surface area (Å²) in [5.74, 6) is -2.53. The number of nitrogens with zero attached hydrogens (tertiary/aromatic N) is 3. The SMILES string of the molecule is COc1ccc2c(OC3C[C@@H](C(N)=O)N(C(=O)[C@H](CCCCC/C=C\[C@@H]4C[C@@H]4C(=O)NS(=O)(=O)C4(C)CC4)Nc4ccc(F)c(C(F)(F)F)c4)C3)cc(-c3nc(C(C)C)cs3)nc2c1C. The number of sulfonamides is 1. The maximum Gasteiger partial charge on any atom is 0.419 e. The summed E-state index contributed by atoms with van der Waals surface area (Å²) in [5, 5.41) is 6.21. The molecule has 1 aliphatic heterocycles. The van der Waals surface area contributed by atoms with Gasteiger partial charge in [0.25, 0.3) is 0 Å². The highest BCUT2D eigenvalue weighted by Crippen LogP contribution is 2.45. The summed E-state index contributed by atoms with van der Waals surface area (Å²) in [4.78, 5) is 51.1. The van der Waals surface area contributed by atoms with Gasteiger partial charge in [-0.1, -0.05) is 38.8 Å². The van der Waals surface area contributed by atoms with Crippen LogP contribution in [0.4, 0.5) is 23.2 Å². The lowest BCUT2D eigenvalue weighted by atomic mass is 10.0. The number of carbonyl (C=O) groups excluding carboxylic acids is 3. The number of anilines is 1. The number of likely N-dealkylation sites (tertiary alicyclic amines) is 1. The molecule has 2 aliphatic carbocycles. The quantitative estimate of drug-likeness (QED) is 0.0469. The van der Waals surface area contributed by atoms with Gasteiger partial charge in [0.15, 0.2) is 0 Å². The molecule has 13 nitrogen and oxygen atoms in total. The number of benzene rings is 2. The first kappa shape index (κ1) is 47.7. The van der Waals surface area contributed by atoms with E-state index in [2.05, 4.69) is 10.0 Å². The van der Waals surface area contributed by atoms with Crippen molar-refractivity contribution in [2.45, 2.75) is 121 Å². The zero-order valence-corrected chi connectivity index (χ0v) is 38.5. The van der Waals surface area contributed by atoms with Gasteiger partial charge in [-0.05, 0) is 94.5 Å². The van der Waals surface area contributed by atoms with Crippen molar-refractivity contribution in [2.24, 2.45) is 17.6 Å². The lowest BCUT2D eigenvalue weighted by Crippen LogP contribution is -2.49. The Hall–Kier alpha value is -5.30. The number of nitrogens with two attached hydrogens (primary N) is 1. The van der Waals surface area contributed by atoms with Crippen molar-refractivity contribution in [3.63, 3.8) is 0 Å². The Morgan fingerprint density at radius 1 is 1.06 bits per heavy atom. The number of hydrogen-bond acceptors (Lipinski definition) is 11. The number of amides is 3. The van der Waals surface area contributed by atoms with E-state index in [1.54, 1.807) is 26.2 Å². The fourth-order valence-electron chi connectivity index (χ4n) is 8.11. The molecule has 1 unspecified atom stereocenters. The van der Waals surface area contributed by atoms with Crippen LogP contribution >= 0.6 is 11.3 Å². The molecule has 1 saturated heterocycles.